The van der Waals surface area contributed by atoms with Crippen molar-refractivity contribution in [3.05, 3.63) is 286 Å². The maximum Gasteiger partial charge on any atom is 0.0710 e. The molecule has 0 bridgehead atoms. The van der Waals surface area contributed by atoms with Gasteiger partial charge in [-0.25, -0.2) is 0 Å². The van der Waals surface area contributed by atoms with Gasteiger partial charge in [-0.05, 0) is 203 Å². The van der Waals surface area contributed by atoms with E-state index in [0.717, 1.165) is 11.4 Å². The fourth-order valence-corrected chi connectivity index (χ4v) is 12.8. The minimum Gasteiger partial charge on any atom is -0.337 e. The first-order valence-electron chi connectivity index (χ1n) is 26.8. The smallest absolute Gasteiger partial charge is 0.0710 e. The molecule has 0 amide bonds. The minimum absolute atomic E-state index is 0.527. The average Bonchev–Trinajstić information content (AvgIpc) is 4.21. The maximum atomic E-state index is 4.52. The van der Waals surface area contributed by atoms with Crippen molar-refractivity contribution in [2.75, 3.05) is 6.54 Å². The molecule has 13 rings (SSSR count). The van der Waals surface area contributed by atoms with Crippen LogP contribution in [0.5, 0.6) is 0 Å². The number of allylic oxidation sites excluding steroid dienone is 11. The van der Waals surface area contributed by atoms with Gasteiger partial charge in [-0.15, -0.1) is 5.73 Å². The normalized spacial score (nSPS) is 19.6. The van der Waals surface area contributed by atoms with Crippen LogP contribution in [0.25, 0.3) is 55.3 Å². The predicted octanol–water partition coefficient (Wildman–Crippen LogP) is 17.7. The molecule has 8 aromatic rings. The second kappa shape index (κ2) is 18.7. The third-order valence-corrected chi connectivity index (χ3v) is 16.8. The Hall–Kier alpha value is -8.23. The van der Waals surface area contributed by atoms with Gasteiger partial charge in [-0.1, -0.05) is 147 Å². The number of rotatable bonds is 10. The summed E-state index contributed by atoms with van der Waals surface area (Å²) >= 11 is 0. The van der Waals surface area contributed by atoms with Crippen molar-refractivity contribution in [2.45, 2.75) is 70.6 Å². The molecule has 4 aliphatic carbocycles. The lowest BCUT2D eigenvalue weighted by molar-refractivity contribution is 0.376. The van der Waals surface area contributed by atoms with Gasteiger partial charge in [-0.2, -0.15) is 0 Å². The maximum absolute atomic E-state index is 4.52. The fraction of sp³-hybridized carbons (Fsp3) is 0.183. The van der Waals surface area contributed by atoms with Gasteiger partial charge >= 0.3 is 0 Å². The molecule has 3 nitrogen and oxygen atoms in total. The second-order valence-corrected chi connectivity index (χ2v) is 21.0. The topological polar surface area (TPSA) is 21.1 Å². The summed E-state index contributed by atoms with van der Waals surface area (Å²) in [4.78, 5) is 6.97. The SMILES string of the molecule is C=C/C1=C(\C=C/C)N(C2=CC=C=C(C3CCC3)C(c3ccccc3C)=C2)C/C=C\C(C2(c3ccc4c(c3)c3ccccc3n4-c3ccc(C4CC4)c(-c4ccncc4C)c3)c3ccccc3-c3ccccc32)=C/C1. The lowest BCUT2D eigenvalue weighted by Gasteiger charge is -2.35. The van der Waals surface area contributed by atoms with Crippen LogP contribution in [0.4, 0.5) is 0 Å². The molecule has 360 valence electrons. The largest absolute Gasteiger partial charge is 0.337 e. The minimum atomic E-state index is -0.620. The predicted molar refractivity (Wildman–Crippen MR) is 309 cm³/mol. The van der Waals surface area contributed by atoms with Crippen molar-refractivity contribution in [2.24, 2.45) is 5.92 Å². The molecule has 0 N–H and O–H groups in total. The summed E-state index contributed by atoms with van der Waals surface area (Å²) in [5.41, 5.74) is 28.3. The molecule has 0 radical (unpaired) electrons. The zero-order chi connectivity index (χ0) is 49.9. The van der Waals surface area contributed by atoms with Crippen molar-refractivity contribution in [3.63, 3.8) is 0 Å². The molecular weight excluding hydrogens is 895 g/mol. The van der Waals surface area contributed by atoms with E-state index in [4.69, 9.17) is 0 Å². The summed E-state index contributed by atoms with van der Waals surface area (Å²) in [6, 6.07) is 52.8. The molecule has 3 heteroatoms. The number of hydrogen-bond acceptors (Lipinski definition) is 2. The highest BCUT2D eigenvalue weighted by Gasteiger charge is 2.47. The van der Waals surface area contributed by atoms with E-state index in [-0.39, 0.29) is 0 Å². The number of para-hydroxylation sites is 1. The van der Waals surface area contributed by atoms with Gasteiger partial charge in [0.25, 0.3) is 0 Å². The summed E-state index contributed by atoms with van der Waals surface area (Å²) in [6.45, 7) is 11.7. The number of benzene rings is 6. The van der Waals surface area contributed by atoms with Crippen molar-refractivity contribution in [1.82, 2.24) is 14.5 Å². The van der Waals surface area contributed by atoms with E-state index >= 15 is 0 Å². The van der Waals surface area contributed by atoms with Gasteiger partial charge in [0.2, 0.25) is 0 Å². The first-order chi connectivity index (χ1) is 36.5. The highest BCUT2D eigenvalue weighted by molar-refractivity contribution is 6.10. The number of aryl methyl sites for hydroxylation is 2. The molecular formula is C71H61N3. The van der Waals surface area contributed by atoms with Crippen LogP contribution in [-0.2, 0) is 5.41 Å². The molecule has 5 aliphatic rings. The molecule has 1 aliphatic heterocycles. The molecule has 0 atom stereocenters. The number of hydrogen-bond donors (Lipinski definition) is 0. The Bertz CT molecular complexity index is 3830. The van der Waals surface area contributed by atoms with E-state index < -0.39 is 5.41 Å². The fourth-order valence-electron chi connectivity index (χ4n) is 12.8. The van der Waals surface area contributed by atoms with Crippen LogP contribution in [0.1, 0.15) is 90.3 Å². The Balaban J connectivity index is 0.992. The van der Waals surface area contributed by atoms with E-state index in [0.29, 0.717) is 24.8 Å². The summed E-state index contributed by atoms with van der Waals surface area (Å²) in [5.74, 6) is 1.14. The molecule has 3 heterocycles. The zero-order valence-electron chi connectivity index (χ0n) is 42.8. The molecule has 6 aromatic carbocycles. The van der Waals surface area contributed by atoms with Crippen LogP contribution in [0.3, 0.4) is 0 Å². The zero-order valence-corrected chi connectivity index (χ0v) is 42.8. The summed E-state index contributed by atoms with van der Waals surface area (Å²) < 4.78 is 2.49. The van der Waals surface area contributed by atoms with Crippen molar-refractivity contribution in [1.29, 1.82) is 0 Å². The number of aromatic nitrogens is 2. The van der Waals surface area contributed by atoms with Crippen LogP contribution < -0.4 is 0 Å². The van der Waals surface area contributed by atoms with Crippen LogP contribution >= 0.6 is 0 Å². The highest BCUT2D eigenvalue weighted by Crippen LogP contribution is 2.58. The first-order valence-corrected chi connectivity index (χ1v) is 26.8. The molecule has 74 heavy (non-hydrogen) atoms. The van der Waals surface area contributed by atoms with E-state index in [1.165, 1.54) is 143 Å². The van der Waals surface area contributed by atoms with E-state index in [1.54, 1.807) is 0 Å². The Morgan fingerprint density at radius 3 is 2.18 bits per heavy atom. The van der Waals surface area contributed by atoms with Crippen LogP contribution in [-0.4, -0.2) is 21.0 Å². The standard InChI is InChI=1S/C71H61N3/c1-5-18-68-49(6-2)34-35-52(22-17-42-73(68)54-23-16-28-58(50-20-15-21-50)63(44-54)56-24-8-7-19-47(56)3)71(66-29-12-9-25-60(66)61-26-10-13-30-67(61)71)53-36-39-70-65(43-53)62-27-11-14-31-69(62)74(70)55-37-38-59(51-32-33-51)64(45-55)57-40-41-72-46-48(57)4/h5-14,16-19,22-27,29-31,35-41,43-46,50-51H,2,15,20-21,32-34,42H2,1,3-4H3/b18-5-,22-17-,52-35+,68-49-. The third-order valence-electron chi connectivity index (χ3n) is 16.8. The lowest BCUT2D eigenvalue weighted by Crippen LogP contribution is -2.29. The van der Waals surface area contributed by atoms with Crippen molar-refractivity contribution in [3.8, 4) is 27.9 Å². The molecule has 2 fully saturated rings. The van der Waals surface area contributed by atoms with E-state index in [9.17, 15) is 0 Å². The first kappa shape index (κ1) is 45.6. The summed E-state index contributed by atoms with van der Waals surface area (Å²) in [5, 5.41) is 2.49. The van der Waals surface area contributed by atoms with Crippen molar-refractivity contribution >= 4 is 27.4 Å². The van der Waals surface area contributed by atoms with Gasteiger partial charge < -0.3 is 9.47 Å². The van der Waals surface area contributed by atoms with Gasteiger partial charge in [0.05, 0.1) is 16.4 Å². The van der Waals surface area contributed by atoms with Crippen molar-refractivity contribution < 1.29 is 0 Å². The Kier molecular flexibility index (Phi) is 11.5. The van der Waals surface area contributed by atoms with Crippen LogP contribution in [0, 0.1) is 19.8 Å². The molecule has 0 spiro atoms. The molecule has 2 saturated carbocycles. The lowest BCUT2D eigenvalue weighted by atomic mass is 9.66. The number of fused-ring (bicyclic) bond motifs is 6. The second-order valence-electron chi connectivity index (χ2n) is 21.0. The summed E-state index contributed by atoms with van der Waals surface area (Å²) in [6.07, 6.45) is 31.6. The van der Waals surface area contributed by atoms with Gasteiger partial charge in [0.1, 0.15) is 0 Å². The Labute approximate surface area is 436 Å². The van der Waals surface area contributed by atoms with Gasteiger partial charge in [-0.3, -0.25) is 4.98 Å². The van der Waals surface area contributed by atoms with Crippen LogP contribution in [0.2, 0.25) is 0 Å². The highest BCUT2D eigenvalue weighted by atomic mass is 15.1. The molecule has 2 aromatic heterocycles. The van der Waals surface area contributed by atoms with Gasteiger partial charge in [0.15, 0.2) is 0 Å². The summed E-state index contributed by atoms with van der Waals surface area (Å²) in [7, 11) is 0. The third kappa shape index (κ3) is 7.44. The monoisotopic (exact) mass is 955 g/mol. The molecule has 0 unspecified atom stereocenters. The quantitative estimate of drug-likeness (QED) is 0.127. The number of pyridine rings is 1. The Morgan fingerprint density at radius 2 is 1.45 bits per heavy atom. The average molecular weight is 956 g/mol. The van der Waals surface area contributed by atoms with Gasteiger partial charge in [0, 0.05) is 52.4 Å². The molecule has 0 saturated heterocycles. The number of nitrogens with zero attached hydrogens (tertiary/aromatic N) is 3. The van der Waals surface area contributed by atoms with E-state index in [2.05, 4.69) is 242 Å². The van der Waals surface area contributed by atoms with E-state index in [1.807, 2.05) is 12.4 Å². The van der Waals surface area contributed by atoms with Crippen LogP contribution in [0.15, 0.2) is 247 Å². The Morgan fingerprint density at radius 1 is 0.703 bits per heavy atom.